The van der Waals surface area contributed by atoms with Gasteiger partial charge in [-0.2, -0.15) is 0 Å². The quantitative estimate of drug-likeness (QED) is 0.575. The maximum Gasteiger partial charge on any atom is 0.220 e. The van der Waals surface area contributed by atoms with Crippen LogP contribution in [0.4, 0.5) is 0 Å². The topological polar surface area (TPSA) is 29.1 Å². The number of amides is 1. The van der Waals surface area contributed by atoms with Crippen LogP contribution in [0.2, 0.25) is 0 Å². The van der Waals surface area contributed by atoms with Crippen molar-refractivity contribution >= 4 is 5.91 Å². The van der Waals surface area contributed by atoms with Gasteiger partial charge in [0.25, 0.3) is 0 Å². The first kappa shape index (κ1) is 15.0. The van der Waals surface area contributed by atoms with Crippen LogP contribution >= 0.6 is 0 Å². The molecule has 0 aromatic heterocycles. The SMILES string of the molecule is CCC.CCC#CCCCC(=O)NC1CC1.[HH]. The van der Waals surface area contributed by atoms with Crippen molar-refractivity contribution < 1.29 is 6.22 Å². The number of hydrogen-bond acceptors (Lipinski definition) is 1. The lowest BCUT2D eigenvalue weighted by Gasteiger charge is -2.00. The van der Waals surface area contributed by atoms with Crippen LogP contribution in [-0.4, -0.2) is 11.9 Å². The molecule has 2 nitrogen and oxygen atoms in total. The third-order valence-electron chi connectivity index (χ3n) is 1.95. The molecule has 0 heterocycles. The molecule has 1 aliphatic carbocycles. The van der Waals surface area contributed by atoms with Gasteiger partial charge in [-0.05, 0) is 19.3 Å². The van der Waals surface area contributed by atoms with E-state index in [2.05, 4.69) is 31.0 Å². The van der Waals surface area contributed by atoms with Crippen LogP contribution in [0.3, 0.4) is 0 Å². The predicted molar refractivity (Wildman–Crippen MR) is 71.2 cm³/mol. The van der Waals surface area contributed by atoms with Crippen molar-refractivity contribution in [3.63, 3.8) is 0 Å². The van der Waals surface area contributed by atoms with Gasteiger partial charge >= 0.3 is 0 Å². The molecule has 2 heteroatoms. The maximum absolute atomic E-state index is 11.2. The number of nitrogens with one attached hydrogen (secondary N) is 1. The normalized spacial score (nSPS) is 12.9. The minimum atomic E-state index is 0. The Bertz CT molecular complexity index is 238. The van der Waals surface area contributed by atoms with Gasteiger partial charge in [-0.3, -0.25) is 4.79 Å². The third kappa shape index (κ3) is 11.1. The zero-order chi connectivity index (χ0) is 12.2. The molecule has 0 saturated heterocycles. The van der Waals surface area contributed by atoms with Gasteiger partial charge in [0.15, 0.2) is 0 Å². The molecule has 1 N–H and O–H groups in total. The van der Waals surface area contributed by atoms with Crippen molar-refractivity contribution in [1.82, 2.24) is 5.32 Å². The lowest BCUT2D eigenvalue weighted by Crippen LogP contribution is -2.24. The Hall–Kier alpha value is -0.970. The van der Waals surface area contributed by atoms with Gasteiger partial charge in [-0.15, -0.1) is 11.8 Å². The summed E-state index contributed by atoms with van der Waals surface area (Å²) in [7, 11) is 0. The fourth-order valence-electron chi connectivity index (χ4n) is 1.08. The van der Waals surface area contributed by atoms with Crippen LogP contribution in [0.5, 0.6) is 0 Å². The van der Waals surface area contributed by atoms with E-state index in [1.54, 1.807) is 0 Å². The van der Waals surface area contributed by atoms with E-state index in [1.165, 1.54) is 19.3 Å². The third-order valence-corrected chi connectivity index (χ3v) is 1.95. The summed E-state index contributed by atoms with van der Waals surface area (Å²) in [5.74, 6) is 6.22. The van der Waals surface area contributed by atoms with E-state index in [4.69, 9.17) is 0 Å². The van der Waals surface area contributed by atoms with Gasteiger partial charge in [-0.25, -0.2) is 0 Å². The number of rotatable bonds is 4. The first-order chi connectivity index (χ1) is 7.74. The first-order valence-electron chi connectivity index (χ1n) is 6.49. The summed E-state index contributed by atoms with van der Waals surface area (Å²) in [5, 5.41) is 2.96. The Kier molecular flexibility index (Phi) is 9.91. The molecule has 0 aliphatic heterocycles. The highest BCUT2D eigenvalue weighted by Crippen LogP contribution is 2.18. The van der Waals surface area contributed by atoms with Gasteiger partial charge in [0.05, 0.1) is 0 Å². The summed E-state index contributed by atoms with van der Waals surface area (Å²) in [4.78, 5) is 11.2. The molecule has 0 atom stereocenters. The van der Waals surface area contributed by atoms with Crippen molar-refractivity contribution in [3.05, 3.63) is 0 Å². The molecule has 0 aromatic carbocycles. The summed E-state index contributed by atoms with van der Waals surface area (Å²) in [6, 6.07) is 0.495. The molecular formula is C14H27NO. The highest BCUT2D eigenvalue weighted by molar-refractivity contribution is 5.76. The lowest BCUT2D eigenvalue weighted by molar-refractivity contribution is -0.121. The minimum Gasteiger partial charge on any atom is -0.353 e. The zero-order valence-corrected chi connectivity index (χ0v) is 10.9. The maximum atomic E-state index is 11.2. The molecule has 1 fully saturated rings. The van der Waals surface area contributed by atoms with E-state index >= 15 is 0 Å². The standard InChI is InChI=1S/C11H17NO.C3H8.H2/c1-2-3-4-5-6-7-11(13)12-10-8-9-10;1-3-2;/h10H,2,5-9H2,1H3,(H,12,13);3H2,1-2H3;1H. The summed E-state index contributed by atoms with van der Waals surface area (Å²) >= 11 is 0. The van der Waals surface area contributed by atoms with E-state index in [0.717, 1.165) is 19.3 Å². The van der Waals surface area contributed by atoms with Gasteiger partial charge in [-0.1, -0.05) is 27.2 Å². The monoisotopic (exact) mass is 225 g/mol. The average molecular weight is 225 g/mol. The highest BCUT2D eigenvalue weighted by Gasteiger charge is 2.22. The molecule has 1 aliphatic rings. The lowest BCUT2D eigenvalue weighted by atomic mass is 10.2. The van der Waals surface area contributed by atoms with E-state index in [0.29, 0.717) is 12.5 Å². The van der Waals surface area contributed by atoms with Gasteiger partial charge < -0.3 is 5.32 Å². The molecule has 0 unspecified atom stereocenters. The van der Waals surface area contributed by atoms with Crippen LogP contribution in [-0.2, 0) is 4.79 Å². The predicted octanol–water partition coefficient (Wildman–Crippen LogP) is 3.51. The Morgan fingerprint density at radius 2 is 1.94 bits per heavy atom. The molecule has 1 rings (SSSR count). The average Bonchev–Trinajstić information content (AvgIpc) is 3.02. The number of carbonyl (C=O) groups excluding carboxylic acids is 1. The van der Waals surface area contributed by atoms with Gasteiger partial charge in [0.2, 0.25) is 5.91 Å². The molecule has 1 saturated carbocycles. The summed E-state index contributed by atoms with van der Waals surface area (Å²) in [6.45, 7) is 6.28. The second-order valence-corrected chi connectivity index (χ2v) is 4.11. The van der Waals surface area contributed by atoms with Gasteiger partial charge in [0.1, 0.15) is 0 Å². The van der Waals surface area contributed by atoms with Crippen LogP contribution in [0, 0.1) is 11.8 Å². The summed E-state index contributed by atoms with van der Waals surface area (Å²) in [5.41, 5.74) is 0. The Morgan fingerprint density at radius 1 is 1.31 bits per heavy atom. The number of hydrogen-bond donors (Lipinski definition) is 1. The Labute approximate surface area is 102 Å². The molecule has 94 valence electrons. The number of carbonyl (C=O) groups is 1. The summed E-state index contributed by atoms with van der Waals surface area (Å²) in [6.07, 6.45) is 6.88. The summed E-state index contributed by atoms with van der Waals surface area (Å²) < 4.78 is 0. The molecule has 0 bridgehead atoms. The molecule has 16 heavy (non-hydrogen) atoms. The minimum absolute atomic E-state index is 0. The molecule has 1 amide bonds. The number of unbranched alkanes of at least 4 members (excludes halogenated alkanes) is 1. The van der Waals surface area contributed by atoms with Crippen molar-refractivity contribution in [1.29, 1.82) is 0 Å². The second kappa shape index (κ2) is 10.5. The molecule has 0 radical (unpaired) electrons. The fourth-order valence-corrected chi connectivity index (χ4v) is 1.08. The largest absolute Gasteiger partial charge is 0.353 e. The van der Waals surface area contributed by atoms with E-state index in [9.17, 15) is 4.79 Å². The van der Waals surface area contributed by atoms with Crippen LogP contribution in [0.15, 0.2) is 0 Å². The smallest absolute Gasteiger partial charge is 0.220 e. The fraction of sp³-hybridized carbons (Fsp3) is 0.786. The van der Waals surface area contributed by atoms with Crippen LogP contribution < -0.4 is 5.32 Å². The van der Waals surface area contributed by atoms with Crippen LogP contribution in [0.1, 0.15) is 67.1 Å². The van der Waals surface area contributed by atoms with Gasteiger partial charge in [0, 0.05) is 26.7 Å². The van der Waals surface area contributed by atoms with E-state index < -0.39 is 0 Å². The second-order valence-electron chi connectivity index (χ2n) is 4.11. The van der Waals surface area contributed by atoms with Crippen molar-refractivity contribution in [2.24, 2.45) is 0 Å². The Balaban J connectivity index is 0. The molecular weight excluding hydrogens is 198 g/mol. The Morgan fingerprint density at radius 3 is 2.44 bits per heavy atom. The van der Waals surface area contributed by atoms with Crippen LogP contribution in [0.25, 0.3) is 0 Å². The van der Waals surface area contributed by atoms with Crippen molar-refractivity contribution in [2.75, 3.05) is 0 Å². The molecule has 0 aromatic rings. The van der Waals surface area contributed by atoms with E-state index in [-0.39, 0.29) is 7.33 Å². The zero-order valence-electron chi connectivity index (χ0n) is 10.9. The van der Waals surface area contributed by atoms with Crippen molar-refractivity contribution in [2.45, 2.75) is 71.8 Å². The first-order valence-corrected chi connectivity index (χ1v) is 6.49. The van der Waals surface area contributed by atoms with E-state index in [1.807, 2.05) is 6.92 Å². The molecule has 0 spiro atoms. The van der Waals surface area contributed by atoms with Crippen molar-refractivity contribution in [3.8, 4) is 11.8 Å². The highest BCUT2D eigenvalue weighted by atomic mass is 16.1.